The second-order valence-corrected chi connectivity index (χ2v) is 8.79. The SMILES string of the molecule is CC1(C)SC2C(NC(=O)Cc3cccc(C(F)(F)F)c3)C(=O)N2C1C(=O)O. The largest absolute Gasteiger partial charge is 0.480 e. The molecular formula is C17H17F3N2O4S. The van der Waals surface area contributed by atoms with Crippen LogP contribution in [0.15, 0.2) is 24.3 Å². The summed E-state index contributed by atoms with van der Waals surface area (Å²) in [7, 11) is 0. The van der Waals surface area contributed by atoms with Gasteiger partial charge in [0.05, 0.1) is 12.0 Å². The number of carbonyl (C=O) groups is 3. The van der Waals surface area contributed by atoms with Gasteiger partial charge in [0.25, 0.3) is 0 Å². The summed E-state index contributed by atoms with van der Waals surface area (Å²) in [5, 5.41) is 11.4. The number of carboxylic acids is 1. The van der Waals surface area contributed by atoms with Crippen molar-refractivity contribution >= 4 is 29.5 Å². The van der Waals surface area contributed by atoms with Crippen molar-refractivity contribution in [1.29, 1.82) is 0 Å². The van der Waals surface area contributed by atoms with Gasteiger partial charge in [-0.15, -0.1) is 11.8 Å². The molecule has 1 aromatic rings. The van der Waals surface area contributed by atoms with Crippen LogP contribution in [0.5, 0.6) is 0 Å². The van der Waals surface area contributed by atoms with Crippen LogP contribution in [0.3, 0.4) is 0 Å². The molecule has 2 saturated heterocycles. The summed E-state index contributed by atoms with van der Waals surface area (Å²) in [6.45, 7) is 3.42. The van der Waals surface area contributed by atoms with Crippen LogP contribution < -0.4 is 5.32 Å². The number of halogens is 3. The average molecular weight is 402 g/mol. The van der Waals surface area contributed by atoms with Crippen LogP contribution in [0.25, 0.3) is 0 Å². The molecule has 3 atom stereocenters. The number of amides is 2. The molecule has 1 aromatic carbocycles. The van der Waals surface area contributed by atoms with E-state index >= 15 is 0 Å². The lowest BCUT2D eigenvalue weighted by Gasteiger charge is -2.43. The highest BCUT2D eigenvalue weighted by molar-refractivity contribution is 8.01. The number of alkyl halides is 3. The molecule has 0 radical (unpaired) electrons. The second-order valence-electron chi connectivity index (χ2n) is 7.02. The third kappa shape index (κ3) is 3.50. The highest BCUT2D eigenvalue weighted by atomic mass is 32.2. The van der Waals surface area contributed by atoms with Crippen LogP contribution in [0.2, 0.25) is 0 Å². The molecular weight excluding hydrogens is 385 g/mol. The molecule has 0 aliphatic carbocycles. The maximum atomic E-state index is 12.8. The van der Waals surface area contributed by atoms with E-state index in [1.807, 2.05) is 0 Å². The molecule has 2 fully saturated rings. The number of rotatable bonds is 4. The van der Waals surface area contributed by atoms with E-state index in [-0.39, 0.29) is 12.0 Å². The number of hydrogen-bond donors (Lipinski definition) is 2. The number of thioether (sulfide) groups is 1. The van der Waals surface area contributed by atoms with Gasteiger partial charge in [0.2, 0.25) is 11.8 Å². The Labute approximate surface area is 157 Å². The van der Waals surface area contributed by atoms with E-state index in [0.29, 0.717) is 0 Å². The first-order valence-electron chi connectivity index (χ1n) is 8.10. The smallest absolute Gasteiger partial charge is 0.416 e. The Hall–Kier alpha value is -2.23. The summed E-state index contributed by atoms with van der Waals surface area (Å²) in [6, 6.07) is 2.56. The average Bonchev–Trinajstić information content (AvgIpc) is 2.80. The van der Waals surface area contributed by atoms with Gasteiger partial charge >= 0.3 is 12.1 Å². The zero-order valence-corrected chi connectivity index (χ0v) is 15.2. The number of carbonyl (C=O) groups excluding carboxylic acids is 2. The van der Waals surface area contributed by atoms with E-state index in [1.165, 1.54) is 28.8 Å². The van der Waals surface area contributed by atoms with E-state index < -0.39 is 51.7 Å². The number of fused-ring (bicyclic) bond motifs is 1. The number of carboxylic acid groups (broad SMARTS) is 1. The number of β-lactam (4-membered cyclic amide) rings is 1. The molecule has 0 aromatic heterocycles. The van der Waals surface area contributed by atoms with Gasteiger partial charge in [-0.2, -0.15) is 13.2 Å². The van der Waals surface area contributed by atoms with Crippen molar-refractivity contribution in [3.8, 4) is 0 Å². The van der Waals surface area contributed by atoms with Gasteiger partial charge in [-0.3, -0.25) is 9.59 Å². The van der Waals surface area contributed by atoms with Crippen molar-refractivity contribution in [2.75, 3.05) is 0 Å². The lowest BCUT2D eigenvalue weighted by molar-refractivity contribution is -0.161. The summed E-state index contributed by atoms with van der Waals surface area (Å²) in [5.74, 6) is -2.20. The molecule has 6 nitrogen and oxygen atoms in total. The highest BCUT2D eigenvalue weighted by Gasteiger charge is 2.64. The monoisotopic (exact) mass is 402 g/mol. The van der Waals surface area contributed by atoms with Gasteiger partial charge in [-0.25, -0.2) is 4.79 Å². The zero-order chi connectivity index (χ0) is 20.1. The molecule has 3 rings (SSSR count). The molecule has 3 unspecified atom stereocenters. The van der Waals surface area contributed by atoms with Gasteiger partial charge in [-0.05, 0) is 25.5 Å². The van der Waals surface area contributed by atoms with Crippen LogP contribution in [-0.2, 0) is 27.0 Å². The van der Waals surface area contributed by atoms with Gasteiger partial charge in [0, 0.05) is 4.75 Å². The lowest BCUT2D eigenvalue weighted by Crippen LogP contribution is -2.70. The normalized spacial score (nSPS) is 26.3. The van der Waals surface area contributed by atoms with Gasteiger partial charge in [0.15, 0.2) is 0 Å². The maximum absolute atomic E-state index is 12.8. The molecule has 0 spiro atoms. The molecule has 146 valence electrons. The fourth-order valence-electron chi connectivity index (χ4n) is 3.41. The Morgan fingerprint density at radius 3 is 2.59 bits per heavy atom. The quantitative estimate of drug-likeness (QED) is 0.751. The van der Waals surface area contributed by atoms with Crippen molar-refractivity contribution in [2.45, 2.75) is 48.6 Å². The Balaban J connectivity index is 1.67. The van der Waals surface area contributed by atoms with E-state index in [1.54, 1.807) is 13.8 Å². The molecule has 27 heavy (non-hydrogen) atoms. The van der Waals surface area contributed by atoms with Gasteiger partial charge in [0.1, 0.15) is 17.5 Å². The number of aliphatic carboxylic acids is 1. The molecule has 10 heteroatoms. The Bertz CT molecular complexity index is 812. The summed E-state index contributed by atoms with van der Waals surface area (Å²) in [6.07, 6.45) is -4.81. The third-order valence-electron chi connectivity index (χ3n) is 4.61. The third-order valence-corrected chi connectivity index (χ3v) is 6.18. The fraction of sp³-hybridized carbons (Fsp3) is 0.471. The van der Waals surface area contributed by atoms with Crippen LogP contribution in [0.1, 0.15) is 25.0 Å². The van der Waals surface area contributed by atoms with Crippen LogP contribution >= 0.6 is 11.8 Å². The minimum Gasteiger partial charge on any atom is -0.480 e. The standard InChI is InChI=1S/C17H17F3N2O4S/c1-16(2)12(15(25)26)22-13(24)11(14(22)27-16)21-10(23)7-8-4-3-5-9(6-8)17(18,19)20/h3-6,11-12,14H,7H2,1-2H3,(H,21,23)(H,25,26). The first-order chi connectivity index (χ1) is 12.4. The van der Waals surface area contributed by atoms with Crippen LogP contribution in [-0.4, -0.2) is 50.0 Å². The first kappa shape index (κ1) is 19.5. The van der Waals surface area contributed by atoms with E-state index in [2.05, 4.69) is 5.32 Å². The predicted molar refractivity (Wildman–Crippen MR) is 90.8 cm³/mol. The van der Waals surface area contributed by atoms with E-state index in [0.717, 1.165) is 12.1 Å². The summed E-state index contributed by atoms with van der Waals surface area (Å²) < 4.78 is 37.5. The Kier molecular flexibility index (Phi) is 4.65. The molecule has 0 bridgehead atoms. The summed E-state index contributed by atoms with van der Waals surface area (Å²) in [4.78, 5) is 37.2. The predicted octanol–water partition coefficient (Wildman–Crippen LogP) is 1.88. The number of benzene rings is 1. The highest BCUT2D eigenvalue weighted by Crippen LogP contribution is 2.50. The molecule has 0 saturated carbocycles. The van der Waals surface area contributed by atoms with Gasteiger partial charge in [-0.1, -0.05) is 18.2 Å². The summed E-state index contributed by atoms with van der Waals surface area (Å²) >= 11 is 1.28. The molecule has 2 N–H and O–H groups in total. The molecule has 2 amide bonds. The van der Waals surface area contributed by atoms with Crippen molar-refractivity contribution in [1.82, 2.24) is 10.2 Å². The molecule has 2 heterocycles. The van der Waals surface area contributed by atoms with Crippen molar-refractivity contribution in [2.24, 2.45) is 0 Å². The number of nitrogens with one attached hydrogen (secondary N) is 1. The lowest BCUT2D eigenvalue weighted by atomic mass is 9.96. The molecule has 2 aliphatic heterocycles. The Morgan fingerprint density at radius 1 is 1.33 bits per heavy atom. The van der Waals surface area contributed by atoms with Crippen molar-refractivity contribution < 1.29 is 32.7 Å². The number of hydrogen-bond acceptors (Lipinski definition) is 4. The van der Waals surface area contributed by atoms with Crippen molar-refractivity contribution in [3.63, 3.8) is 0 Å². The second kappa shape index (κ2) is 6.43. The minimum atomic E-state index is -4.51. The first-order valence-corrected chi connectivity index (χ1v) is 8.98. The zero-order valence-electron chi connectivity index (χ0n) is 14.4. The Morgan fingerprint density at radius 2 is 2.00 bits per heavy atom. The van der Waals surface area contributed by atoms with Gasteiger partial charge < -0.3 is 15.3 Å². The minimum absolute atomic E-state index is 0.175. The van der Waals surface area contributed by atoms with Crippen molar-refractivity contribution in [3.05, 3.63) is 35.4 Å². The molecule has 2 aliphatic rings. The topological polar surface area (TPSA) is 86.7 Å². The number of nitrogens with zero attached hydrogens (tertiary/aromatic N) is 1. The van der Waals surface area contributed by atoms with Crippen LogP contribution in [0, 0.1) is 0 Å². The maximum Gasteiger partial charge on any atom is 0.416 e. The summed E-state index contributed by atoms with van der Waals surface area (Å²) in [5.41, 5.74) is -0.676. The van der Waals surface area contributed by atoms with E-state index in [9.17, 15) is 32.7 Å². The van der Waals surface area contributed by atoms with E-state index in [4.69, 9.17) is 0 Å². The van der Waals surface area contributed by atoms with Crippen LogP contribution in [0.4, 0.5) is 13.2 Å². The fourth-order valence-corrected chi connectivity index (χ4v) is 5.04.